The molecule has 4 nitrogen and oxygen atoms in total. The Morgan fingerprint density at radius 2 is 1.38 bits per heavy atom. The Labute approximate surface area is 128 Å². The highest BCUT2D eigenvalue weighted by molar-refractivity contribution is 7.89. The molecule has 0 bridgehead atoms. The first-order valence-corrected chi connectivity index (χ1v) is 8.93. The molecule has 118 valence electrons. The van der Waals surface area contributed by atoms with Crippen molar-refractivity contribution < 1.29 is 8.42 Å². The molecule has 1 aliphatic carbocycles. The van der Waals surface area contributed by atoms with E-state index in [1.54, 1.807) is 0 Å². The number of rotatable bonds is 4. The third-order valence-electron chi connectivity index (χ3n) is 5.16. The largest absolute Gasteiger partial charge is 0.324 e. The summed E-state index contributed by atoms with van der Waals surface area (Å²) in [5.41, 5.74) is 10.7. The minimum Gasteiger partial charge on any atom is -0.324 e. The Bertz CT molecular complexity index is 645. The van der Waals surface area contributed by atoms with Crippen LogP contribution in [0.2, 0.25) is 0 Å². The molecule has 0 aromatic heterocycles. The van der Waals surface area contributed by atoms with Crippen LogP contribution in [0.3, 0.4) is 0 Å². The zero-order chi connectivity index (χ0) is 16.0. The van der Waals surface area contributed by atoms with Crippen molar-refractivity contribution in [1.82, 2.24) is 4.72 Å². The molecule has 1 aliphatic rings. The smallest absolute Gasteiger partial charge is 0.241 e. The van der Waals surface area contributed by atoms with Crippen molar-refractivity contribution >= 4 is 10.0 Å². The lowest BCUT2D eigenvalue weighted by molar-refractivity contribution is 0.251. The van der Waals surface area contributed by atoms with E-state index < -0.39 is 10.0 Å². The molecule has 0 spiro atoms. The third-order valence-corrected chi connectivity index (χ3v) is 6.84. The minimum atomic E-state index is -3.52. The highest BCUT2D eigenvalue weighted by Gasteiger charge is 2.34. The maximum absolute atomic E-state index is 12.7. The van der Waals surface area contributed by atoms with E-state index in [1.807, 2.05) is 34.6 Å². The Hall–Kier alpha value is -0.910. The van der Waals surface area contributed by atoms with Crippen LogP contribution in [0.25, 0.3) is 0 Å². The standard InChI is InChI=1S/C16H26N2O2S/c1-10-11(2)13(4)15(14(5)12(10)3)21(19,20)18-9-16(17)7-6-8-16/h18H,6-9,17H2,1-5H3. The van der Waals surface area contributed by atoms with Crippen molar-refractivity contribution in [3.8, 4) is 0 Å². The van der Waals surface area contributed by atoms with E-state index in [1.165, 1.54) is 5.56 Å². The second kappa shape index (κ2) is 5.38. The zero-order valence-electron chi connectivity index (χ0n) is 13.6. The number of nitrogens with one attached hydrogen (secondary N) is 1. The molecule has 1 aromatic rings. The summed E-state index contributed by atoms with van der Waals surface area (Å²) in [5.74, 6) is 0. The molecule has 2 rings (SSSR count). The molecule has 1 fully saturated rings. The van der Waals surface area contributed by atoms with Gasteiger partial charge in [0.1, 0.15) is 0 Å². The number of benzene rings is 1. The molecule has 5 heteroatoms. The Morgan fingerprint density at radius 1 is 0.952 bits per heavy atom. The van der Waals surface area contributed by atoms with Crippen LogP contribution in [0.1, 0.15) is 47.1 Å². The third kappa shape index (κ3) is 2.87. The fourth-order valence-corrected chi connectivity index (χ4v) is 4.72. The molecule has 0 aliphatic heterocycles. The lowest BCUT2D eigenvalue weighted by Crippen LogP contribution is -2.54. The minimum absolute atomic E-state index is 0.320. The van der Waals surface area contributed by atoms with Crippen molar-refractivity contribution in [3.63, 3.8) is 0 Å². The summed E-state index contributed by atoms with van der Waals surface area (Å²) in [4.78, 5) is 0.422. The first kappa shape index (κ1) is 16.5. The van der Waals surface area contributed by atoms with Crippen LogP contribution < -0.4 is 10.5 Å². The maximum Gasteiger partial charge on any atom is 0.241 e. The summed E-state index contributed by atoms with van der Waals surface area (Å²) >= 11 is 0. The van der Waals surface area contributed by atoms with E-state index in [0.717, 1.165) is 41.5 Å². The Morgan fingerprint density at radius 3 is 1.76 bits per heavy atom. The number of hydrogen-bond donors (Lipinski definition) is 2. The molecule has 3 N–H and O–H groups in total. The van der Waals surface area contributed by atoms with Gasteiger partial charge in [0, 0.05) is 12.1 Å². The first-order valence-electron chi connectivity index (χ1n) is 7.44. The summed E-state index contributed by atoms with van der Waals surface area (Å²) in [6.45, 7) is 10.1. The van der Waals surface area contributed by atoms with Gasteiger partial charge in [0.15, 0.2) is 0 Å². The number of nitrogens with two attached hydrogens (primary N) is 1. The molecule has 0 unspecified atom stereocenters. The highest BCUT2D eigenvalue weighted by Crippen LogP contribution is 2.31. The molecule has 1 aromatic carbocycles. The van der Waals surface area contributed by atoms with Crippen LogP contribution in [0.15, 0.2) is 4.90 Å². The normalized spacial score (nSPS) is 17.6. The van der Waals surface area contributed by atoms with Gasteiger partial charge < -0.3 is 5.73 Å². The van der Waals surface area contributed by atoms with Crippen molar-refractivity contribution in [3.05, 3.63) is 27.8 Å². The lowest BCUT2D eigenvalue weighted by Gasteiger charge is -2.38. The SMILES string of the molecule is Cc1c(C)c(C)c(S(=O)(=O)NCC2(N)CCC2)c(C)c1C. The Balaban J connectivity index is 2.40. The maximum atomic E-state index is 12.7. The van der Waals surface area contributed by atoms with Crippen LogP contribution in [-0.4, -0.2) is 20.5 Å². The van der Waals surface area contributed by atoms with Crippen molar-refractivity contribution in [2.24, 2.45) is 5.73 Å². The Kier molecular flexibility index (Phi) is 4.21. The molecular weight excluding hydrogens is 284 g/mol. The van der Waals surface area contributed by atoms with Crippen LogP contribution in [0, 0.1) is 34.6 Å². The fraction of sp³-hybridized carbons (Fsp3) is 0.625. The van der Waals surface area contributed by atoms with Crippen molar-refractivity contribution in [2.45, 2.75) is 64.3 Å². The van der Waals surface area contributed by atoms with E-state index in [-0.39, 0.29) is 5.54 Å². The van der Waals surface area contributed by atoms with E-state index >= 15 is 0 Å². The second-order valence-corrected chi connectivity index (χ2v) is 8.20. The summed E-state index contributed by atoms with van der Waals surface area (Å²) in [6, 6.07) is 0. The van der Waals surface area contributed by atoms with Crippen molar-refractivity contribution in [1.29, 1.82) is 0 Å². The molecule has 0 radical (unpaired) electrons. The van der Waals surface area contributed by atoms with Gasteiger partial charge in [0.2, 0.25) is 10.0 Å². The molecule has 0 amide bonds. The molecular formula is C16H26N2O2S. The number of hydrogen-bond acceptors (Lipinski definition) is 3. The van der Waals surface area contributed by atoms with Crippen LogP contribution in [0.4, 0.5) is 0 Å². The lowest BCUT2D eigenvalue weighted by atomic mass is 9.78. The summed E-state index contributed by atoms with van der Waals surface area (Å²) in [7, 11) is -3.52. The molecule has 0 heterocycles. The predicted molar refractivity (Wildman–Crippen MR) is 86.1 cm³/mol. The molecule has 21 heavy (non-hydrogen) atoms. The van der Waals surface area contributed by atoms with E-state index in [0.29, 0.717) is 11.4 Å². The molecule has 0 saturated heterocycles. The van der Waals surface area contributed by atoms with Gasteiger partial charge in [-0.2, -0.15) is 0 Å². The quantitative estimate of drug-likeness (QED) is 0.897. The van der Waals surface area contributed by atoms with Gasteiger partial charge in [-0.25, -0.2) is 13.1 Å². The second-order valence-electron chi connectivity index (χ2n) is 6.49. The van der Waals surface area contributed by atoms with Crippen LogP contribution in [-0.2, 0) is 10.0 Å². The zero-order valence-corrected chi connectivity index (χ0v) is 14.4. The van der Waals surface area contributed by atoms with Gasteiger partial charge in [0.05, 0.1) is 4.90 Å². The fourth-order valence-electron chi connectivity index (χ4n) is 2.99. The van der Waals surface area contributed by atoms with Crippen molar-refractivity contribution in [2.75, 3.05) is 6.54 Å². The monoisotopic (exact) mass is 310 g/mol. The van der Waals surface area contributed by atoms with E-state index in [4.69, 9.17) is 5.73 Å². The van der Waals surface area contributed by atoms with Gasteiger partial charge >= 0.3 is 0 Å². The topological polar surface area (TPSA) is 72.2 Å². The molecule has 1 saturated carbocycles. The van der Waals surface area contributed by atoms with Gasteiger partial charge in [-0.1, -0.05) is 0 Å². The van der Waals surface area contributed by atoms with Crippen LogP contribution in [0.5, 0.6) is 0 Å². The van der Waals surface area contributed by atoms with Gasteiger partial charge in [-0.3, -0.25) is 0 Å². The average Bonchev–Trinajstić information content (AvgIpc) is 2.38. The van der Waals surface area contributed by atoms with Gasteiger partial charge in [-0.15, -0.1) is 0 Å². The molecule has 0 atom stereocenters. The summed E-state index contributed by atoms with van der Waals surface area (Å²) in [5, 5.41) is 0. The average molecular weight is 310 g/mol. The highest BCUT2D eigenvalue weighted by atomic mass is 32.2. The van der Waals surface area contributed by atoms with E-state index in [2.05, 4.69) is 4.72 Å². The van der Waals surface area contributed by atoms with Gasteiger partial charge in [-0.05, 0) is 81.7 Å². The summed E-state index contributed by atoms with van der Waals surface area (Å²) < 4.78 is 28.1. The first-order chi connectivity index (χ1) is 9.59. The number of sulfonamides is 1. The summed E-state index contributed by atoms with van der Waals surface area (Å²) in [6.07, 6.45) is 2.86. The van der Waals surface area contributed by atoms with Crippen LogP contribution >= 0.6 is 0 Å². The van der Waals surface area contributed by atoms with Gasteiger partial charge in [0.25, 0.3) is 0 Å². The van der Waals surface area contributed by atoms with E-state index in [9.17, 15) is 8.42 Å². The predicted octanol–water partition coefficient (Wildman–Crippen LogP) is 2.39.